The Morgan fingerprint density at radius 1 is 1.23 bits per heavy atom. The van der Waals surface area contributed by atoms with Crippen molar-refractivity contribution in [2.75, 3.05) is 6.79 Å². The van der Waals surface area contributed by atoms with Crippen molar-refractivity contribution in [1.82, 2.24) is 0 Å². The Kier molecular flexibility index (Phi) is 3.77. The van der Waals surface area contributed by atoms with Crippen molar-refractivity contribution in [2.45, 2.75) is 6.92 Å². The van der Waals surface area contributed by atoms with Crippen LogP contribution in [-0.2, 0) is 0 Å². The second kappa shape index (κ2) is 4.64. The van der Waals surface area contributed by atoms with Crippen LogP contribution in [0, 0.1) is 0 Å². The predicted molar refractivity (Wildman–Crippen MR) is 53.0 cm³/mol. The largest absolute Gasteiger partial charge is 0.454 e. The number of rotatable bonds is 1. The van der Waals surface area contributed by atoms with E-state index < -0.39 is 0 Å². The molecule has 0 unspecified atom stereocenters. The van der Waals surface area contributed by atoms with Gasteiger partial charge < -0.3 is 9.47 Å². The van der Waals surface area contributed by atoms with Gasteiger partial charge in [0.05, 0.1) is 0 Å². The van der Waals surface area contributed by atoms with E-state index in [9.17, 15) is 0 Å². The number of hydrogen-bond acceptors (Lipinski definition) is 2. The van der Waals surface area contributed by atoms with Crippen LogP contribution in [0.5, 0.6) is 11.5 Å². The average Bonchev–Trinajstić information content (AvgIpc) is 2.51. The maximum atomic E-state index is 5.23. The molecule has 0 aromatic heterocycles. The third-order valence-corrected chi connectivity index (χ3v) is 1.76. The molecule has 1 aliphatic heterocycles. The summed E-state index contributed by atoms with van der Waals surface area (Å²) >= 11 is 0. The fraction of sp³-hybridized carbons (Fsp3) is 0.200. The Balaban J connectivity index is 0.000000845. The summed E-state index contributed by atoms with van der Waals surface area (Å²) in [5.74, 6) is 1.67. The molecule has 2 rings (SSSR count). The summed E-state index contributed by atoms with van der Waals surface area (Å²) in [6.07, 6.45) is 4.03. The van der Waals surface area contributed by atoms with E-state index in [1.54, 1.807) is 0 Å². The quantitative estimate of drug-likeness (QED) is 0.706. The topological polar surface area (TPSA) is 18.5 Å². The van der Waals surface area contributed by atoms with Crippen molar-refractivity contribution in [3.05, 3.63) is 29.8 Å². The minimum absolute atomic E-state index is 0. The van der Waals surface area contributed by atoms with Crippen LogP contribution in [0.1, 0.15) is 12.5 Å². The van der Waals surface area contributed by atoms with Gasteiger partial charge in [0.2, 0.25) is 6.79 Å². The maximum absolute atomic E-state index is 5.23. The summed E-state index contributed by atoms with van der Waals surface area (Å²) in [7, 11) is 0. The van der Waals surface area contributed by atoms with Crippen LogP contribution >= 0.6 is 0 Å². The predicted octanol–water partition coefficient (Wildman–Crippen LogP) is 2.07. The first-order valence-corrected chi connectivity index (χ1v) is 3.92. The third kappa shape index (κ3) is 2.24. The van der Waals surface area contributed by atoms with Gasteiger partial charge >= 0.3 is 0 Å². The minimum atomic E-state index is 0. The zero-order valence-corrected chi connectivity index (χ0v) is 11.3. The standard InChI is InChI=1S/C10H10O2.Pb/c1-2-3-8-4-5-9-10(6-8)12-7-11-9;/h2-6H,7H2,1H3;/b3-2+;. The van der Waals surface area contributed by atoms with Crippen LogP contribution in [0.15, 0.2) is 24.3 Å². The van der Waals surface area contributed by atoms with Crippen LogP contribution < -0.4 is 9.47 Å². The molecule has 13 heavy (non-hydrogen) atoms. The van der Waals surface area contributed by atoms with Crippen molar-refractivity contribution in [2.24, 2.45) is 0 Å². The van der Waals surface area contributed by atoms with E-state index in [2.05, 4.69) is 0 Å². The molecule has 0 atom stereocenters. The molecule has 0 saturated heterocycles. The molecule has 4 radical (unpaired) electrons. The molecule has 1 aromatic carbocycles. The molecule has 0 aliphatic carbocycles. The van der Waals surface area contributed by atoms with Gasteiger partial charge in [0.15, 0.2) is 11.5 Å². The zero-order chi connectivity index (χ0) is 8.39. The summed E-state index contributed by atoms with van der Waals surface area (Å²) in [5.41, 5.74) is 1.14. The van der Waals surface area contributed by atoms with Gasteiger partial charge in [-0.05, 0) is 24.6 Å². The van der Waals surface area contributed by atoms with Gasteiger partial charge in [0.25, 0.3) is 0 Å². The number of hydrogen-bond donors (Lipinski definition) is 0. The number of ether oxygens (including phenoxy) is 2. The minimum Gasteiger partial charge on any atom is -0.454 e. The average molecular weight is 369 g/mol. The van der Waals surface area contributed by atoms with Gasteiger partial charge in [0.1, 0.15) is 0 Å². The van der Waals surface area contributed by atoms with E-state index in [-0.39, 0.29) is 27.3 Å². The molecule has 1 aliphatic rings. The first-order valence-electron chi connectivity index (χ1n) is 3.92. The smallest absolute Gasteiger partial charge is 0.231 e. The van der Waals surface area contributed by atoms with E-state index in [4.69, 9.17) is 9.47 Å². The van der Waals surface area contributed by atoms with Gasteiger partial charge in [-0.3, -0.25) is 0 Å². The second-order valence-electron chi connectivity index (χ2n) is 2.61. The monoisotopic (exact) mass is 370 g/mol. The van der Waals surface area contributed by atoms with Crippen molar-refractivity contribution in [3.63, 3.8) is 0 Å². The third-order valence-electron chi connectivity index (χ3n) is 1.76. The molecule has 3 heteroatoms. The van der Waals surface area contributed by atoms with Crippen molar-refractivity contribution >= 4 is 33.4 Å². The molecule has 0 bridgehead atoms. The summed E-state index contributed by atoms with van der Waals surface area (Å²) in [6.45, 7) is 2.33. The van der Waals surface area contributed by atoms with Gasteiger partial charge in [-0.1, -0.05) is 18.2 Å². The van der Waals surface area contributed by atoms with E-state index in [1.807, 2.05) is 37.3 Å². The normalized spacial score (nSPS) is 13.0. The molecule has 1 heterocycles. The van der Waals surface area contributed by atoms with Crippen molar-refractivity contribution in [1.29, 1.82) is 0 Å². The van der Waals surface area contributed by atoms with Crippen molar-refractivity contribution < 1.29 is 9.47 Å². The molecule has 0 fully saturated rings. The fourth-order valence-electron chi connectivity index (χ4n) is 1.21. The molecule has 0 spiro atoms. The van der Waals surface area contributed by atoms with Crippen LogP contribution in [0.3, 0.4) is 0 Å². The number of benzene rings is 1. The molecule has 0 amide bonds. The van der Waals surface area contributed by atoms with E-state index in [0.29, 0.717) is 6.79 Å². The van der Waals surface area contributed by atoms with Crippen LogP contribution in [0.2, 0.25) is 0 Å². The van der Waals surface area contributed by atoms with Crippen LogP contribution in [0.25, 0.3) is 6.08 Å². The Hall–Kier alpha value is -0.518. The molecule has 2 nitrogen and oxygen atoms in total. The maximum Gasteiger partial charge on any atom is 0.231 e. The SMILES string of the molecule is C/C=C/c1ccc2c(c1)OCO2.[Pb]. The van der Waals surface area contributed by atoms with Crippen LogP contribution in [-0.4, -0.2) is 34.1 Å². The first kappa shape index (κ1) is 10.6. The Labute approximate surface area is 97.7 Å². The summed E-state index contributed by atoms with van der Waals surface area (Å²) in [4.78, 5) is 0. The first-order chi connectivity index (χ1) is 5.90. The van der Waals surface area contributed by atoms with Gasteiger partial charge in [-0.25, -0.2) is 0 Å². The van der Waals surface area contributed by atoms with E-state index in [0.717, 1.165) is 17.1 Å². The molecular weight excluding hydrogens is 359 g/mol. The zero-order valence-electron chi connectivity index (χ0n) is 7.41. The number of fused-ring (bicyclic) bond motifs is 1. The second-order valence-corrected chi connectivity index (χ2v) is 2.61. The summed E-state index contributed by atoms with van der Waals surface area (Å²) in [5, 5.41) is 0. The van der Waals surface area contributed by atoms with E-state index in [1.165, 1.54) is 0 Å². The molecule has 66 valence electrons. The van der Waals surface area contributed by atoms with Gasteiger partial charge in [-0.2, -0.15) is 0 Å². The Morgan fingerprint density at radius 3 is 2.77 bits per heavy atom. The number of allylic oxidation sites excluding steroid dienone is 1. The molecule has 0 saturated carbocycles. The fourth-order valence-corrected chi connectivity index (χ4v) is 1.21. The van der Waals surface area contributed by atoms with Crippen molar-refractivity contribution in [3.8, 4) is 11.5 Å². The van der Waals surface area contributed by atoms with Gasteiger partial charge in [-0.15, -0.1) is 0 Å². The Morgan fingerprint density at radius 2 is 2.00 bits per heavy atom. The molecule has 1 aromatic rings. The summed E-state index contributed by atoms with van der Waals surface area (Å²) in [6, 6.07) is 5.91. The van der Waals surface area contributed by atoms with Gasteiger partial charge in [0, 0.05) is 27.3 Å². The van der Waals surface area contributed by atoms with E-state index >= 15 is 0 Å². The molecule has 0 N–H and O–H groups in total. The Bertz CT molecular complexity index is 321. The molecular formula is C10H10O2Pb. The summed E-state index contributed by atoms with van der Waals surface area (Å²) < 4.78 is 10.4. The van der Waals surface area contributed by atoms with Crippen LogP contribution in [0.4, 0.5) is 0 Å².